The van der Waals surface area contributed by atoms with Crippen LogP contribution in [-0.4, -0.2) is 4.92 Å². The molecule has 0 saturated carbocycles. The lowest BCUT2D eigenvalue weighted by Crippen LogP contribution is -2.02. The van der Waals surface area contributed by atoms with E-state index in [1.807, 2.05) is 6.07 Å². The molecule has 0 aliphatic rings. The number of benzene rings is 2. The maximum absolute atomic E-state index is 10.9. The third-order valence-corrected chi connectivity index (χ3v) is 2.69. The highest BCUT2D eigenvalue weighted by molar-refractivity contribution is 5.49. The van der Waals surface area contributed by atoms with Gasteiger partial charge < -0.3 is 5.32 Å². The van der Waals surface area contributed by atoms with Crippen molar-refractivity contribution in [2.75, 3.05) is 5.32 Å². The summed E-state index contributed by atoms with van der Waals surface area (Å²) in [5, 5.41) is 22.6. The minimum Gasteiger partial charge on any atom is -0.381 e. The van der Waals surface area contributed by atoms with E-state index in [0.29, 0.717) is 17.7 Å². The molecule has 0 saturated heterocycles. The van der Waals surface area contributed by atoms with Gasteiger partial charge in [0.15, 0.2) is 0 Å². The zero-order chi connectivity index (χ0) is 13.7. The number of hydrogen-bond acceptors (Lipinski definition) is 4. The summed E-state index contributed by atoms with van der Waals surface area (Å²) in [4.78, 5) is 10.5. The van der Waals surface area contributed by atoms with Crippen LogP contribution in [0.2, 0.25) is 0 Å². The molecule has 0 heterocycles. The van der Waals surface area contributed by atoms with E-state index in [1.165, 1.54) is 6.07 Å². The van der Waals surface area contributed by atoms with Gasteiger partial charge in [-0.1, -0.05) is 18.2 Å². The summed E-state index contributed by atoms with van der Waals surface area (Å²) in [6.07, 6.45) is 0. The third-order valence-electron chi connectivity index (χ3n) is 2.69. The first-order valence-corrected chi connectivity index (χ1v) is 5.67. The number of rotatable bonds is 4. The van der Waals surface area contributed by atoms with Crippen LogP contribution in [0.5, 0.6) is 0 Å². The van der Waals surface area contributed by atoms with Crippen LogP contribution in [0.4, 0.5) is 11.4 Å². The largest absolute Gasteiger partial charge is 0.381 e. The fourth-order valence-electron chi connectivity index (χ4n) is 1.70. The molecule has 19 heavy (non-hydrogen) atoms. The van der Waals surface area contributed by atoms with Crippen LogP contribution in [0.1, 0.15) is 11.1 Å². The van der Waals surface area contributed by atoms with E-state index < -0.39 is 4.92 Å². The maximum Gasteiger partial charge on any atom is 0.274 e. The fraction of sp³-hybridized carbons (Fsp3) is 0.0714. The lowest BCUT2D eigenvalue weighted by Gasteiger charge is -2.06. The second-order valence-corrected chi connectivity index (χ2v) is 3.93. The van der Waals surface area contributed by atoms with Gasteiger partial charge in [0.25, 0.3) is 5.69 Å². The first-order valence-electron chi connectivity index (χ1n) is 5.67. The van der Waals surface area contributed by atoms with Crippen molar-refractivity contribution in [1.82, 2.24) is 0 Å². The van der Waals surface area contributed by atoms with Gasteiger partial charge in [-0.25, -0.2) is 0 Å². The van der Waals surface area contributed by atoms with Crippen LogP contribution in [0.3, 0.4) is 0 Å². The fourth-order valence-corrected chi connectivity index (χ4v) is 1.70. The van der Waals surface area contributed by atoms with Crippen LogP contribution < -0.4 is 5.32 Å². The van der Waals surface area contributed by atoms with Gasteiger partial charge in [0.1, 0.15) is 0 Å². The van der Waals surface area contributed by atoms with Gasteiger partial charge in [0.2, 0.25) is 0 Å². The Morgan fingerprint density at radius 2 is 1.84 bits per heavy atom. The number of nitro groups is 1. The average molecular weight is 253 g/mol. The van der Waals surface area contributed by atoms with Gasteiger partial charge >= 0.3 is 0 Å². The summed E-state index contributed by atoms with van der Waals surface area (Å²) in [6, 6.07) is 15.6. The third kappa shape index (κ3) is 3.07. The Kier molecular flexibility index (Phi) is 3.74. The lowest BCUT2D eigenvalue weighted by atomic mass is 10.1. The van der Waals surface area contributed by atoms with Crippen LogP contribution in [0.15, 0.2) is 48.5 Å². The first kappa shape index (κ1) is 12.6. The zero-order valence-corrected chi connectivity index (χ0v) is 10.0. The van der Waals surface area contributed by atoms with E-state index >= 15 is 0 Å². The summed E-state index contributed by atoms with van der Waals surface area (Å²) >= 11 is 0. The number of para-hydroxylation sites is 1. The molecule has 1 N–H and O–H groups in total. The van der Waals surface area contributed by atoms with Gasteiger partial charge in [0, 0.05) is 23.9 Å². The van der Waals surface area contributed by atoms with Crippen LogP contribution in [0, 0.1) is 21.4 Å². The maximum atomic E-state index is 10.9. The molecule has 0 unspecified atom stereocenters. The van der Waals surface area contributed by atoms with Crippen LogP contribution >= 0.6 is 0 Å². The molecular weight excluding hydrogens is 242 g/mol. The summed E-state index contributed by atoms with van der Waals surface area (Å²) < 4.78 is 0. The van der Waals surface area contributed by atoms with Crippen LogP contribution in [-0.2, 0) is 6.54 Å². The first-order chi connectivity index (χ1) is 9.20. The molecule has 0 bridgehead atoms. The van der Waals surface area contributed by atoms with Gasteiger partial charge in [-0.3, -0.25) is 10.1 Å². The van der Waals surface area contributed by atoms with Gasteiger partial charge in [0.05, 0.1) is 16.6 Å². The number of hydrogen-bond donors (Lipinski definition) is 1. The van der Waals surface area contributed by atoms with Crippen molar-refractivity contribution in [2.45, 2.75) is 6.54 Å². The van der Waals surface area contributed by atoms with E-state index in [1.54, 1.807) is 42.5 Å². The zero-order valence-electron chi connectivity index (χ0n) is 10.0. The highest BCUT2D eigenvalue weighted by atomic mass is 16.6. The molecular formula is C14H11N3O2. The highest BCUT2D eigenvalue weighted by Crippen LogP contribution is 2.19. The van der Waals surface area contributed by atoms with Gasteiger partial charge in [-0.05, 0) is 24.3 Å². The minimum absolute atomic E-state index is 0.101. The molecule has 0 atom stereocenters. The van der Waals surface area contributed by atoms with E-state index in [4.69, 9.17) is 5.26 Å². The predicted molar refractivity (Wildman–Crippen MR) is 71.6 cm³/mol. The molecule has 0 aliphatic carbocycles. The van der Waals surface area contributed by atoms with E-state index in [-0.39, 0.29) is 5.69 Å². The normalized spacial score (nSPS) is 9.63. The Bertz CT molecular complexity index is 630. The molecule has 2 rings (SSSR count). The molecule has 5 heteroatoms. The van der Waals surface area contributed by atoms with Crippen molar-refractivity contribution in [2.24, 2.45) is 0 Å². The molecule has 94 valence electrons. The minimum atomic E-state index is -0.393. The van der Waals surface area contributed by atoms with Crippen molar-refractivity contribution >= 4 is 11.4 Å². The smallest absolute Gasteiger partial charge is 0.274 e. The van der Waals surface area contributed by atoms with Gasteiger partial charge in [-0.15, -0.1) is 0 Å². The number of nitrogens with zero attached hydrogens (tertiary/aromatic N) is 2. The summed E-state index contributed by atoms with van der Waals surface area (Å²) in [6.45, 7) is 0.364. The van der Waals surface area contributed by atoms with Crippen LogP contribution in [0.25, 0.3) is 0 Å². The summed E-state index contributed by atoms with van der Waals surface area (Å²) in [7, 11) is 0. The molecule has 0 fully saturated rings. The van der Waals surface area contributed by atoms with E-state index in [2.05, 4.69) is 5.32 Å². The number of anilines is 1. The van der Waals surface area contributed by atoms with Crippen molar-refractivity contribution in [1.29, 1.82) is 5.26 Å². The van der Waals surface area contributed by atoms with E-state index in [0.717, 1.165) is 5.69 Å². The van der Waals surface area contributed by atoms with E-state index in [9.17, 15) is 10.1 Å². The lowest BCUT2D eigenvalue weighted by molar-refractivity contribution is -0.385. The average Bonchev–Trinajstić information content (AvgIpc) is 2.46. The molecule has 2 aromatic rings. The van der Waals surface area contributed by atoms with Crippen molar-refractivity contribution in [3.05, 3.63) is 69.8 Å². The second kappa shape index (κ2) is 5.65. The number of nitriles is 1. The molecule has 2 aromatic carbocycles. The Labute approximate surface area is 110 Å². The quantitative estimate of drug-likeness (QED) is 0.670. The van der Waals surface area contributed by atoms with Gasteiger partial charge in [-0.2, -0.15) is 5.26 Å². The van der Waals surface area contributed by atoms with Crippen molar-refractivity contribution in [3.63, 3.8) is 0 Å². The summed E-state index contributed by atoms with van der Waals surface area (Å²) in [5.74, 6) is 0. The molecule has 5 nitrogen and oxygen atoms in total. The Morgan fingerprint density at radius 1 is 1.16 bits per heavy atom. The number of nitrogens with one attached hydrogen (secondary N) is 1. The Hall–Kier alpha value is -2.87. The molecule has 0 aliphatic heterocycles. The summed E-state index contributed by atoms with van der Waals surface area (Å²) in [5.41, 5.74) is 2.12. The molecule has 0 radical (unpaired) electrons. The van der Waals surface area contributed by atoms with Crippen molar-refractivity contribution in [3.8, 4) is 6.07 Å². The molecule has 0 spiro atoms. The Morgan fingerprint density at radius 3 is 2.47 bits per heavy atom. The SMILES string of the molecule is N#Cc1ccc(NCc2ccccc2[N+](=O)[O-])cc1. The monoisotopic (exact) mass is 253 g/mol. The second-order valence-electron chi connectivity index (χ2n) is 3.93. The predicted octanol–water partition coefficient (Wildman–Crippen LogP) is 3.08. The highest BCUT2D eigenvalue weighted by Gasteiger charge is 2.11. The molecule has 0 aromatic heterocycles. The Balaban J connectivity index is 2.10. The topological polar surface area (TPSA) is 79.0 Å². The number of nitro benzene ring substituents is 1. The molecule has 0 amide bonds. The van der Waals surface area contributed by atoms with Crippen molar-refractivity contribution < 1.29 is 4.92 Å². The standard InChI is InChI=1S/C14H11N3O2/c15-9-11-5-7-13(8-6-11)16-10-12-3-1-2-4-14(12)17(18)19/h1-8,16H,10H2.